The summed E-state index contributed by atoms with van der Waals surface area (Å²) in [4.78, 5) is 39.8. The highest BCUT2D eigenvalue weighted by Crippen LogP contribution is 2.29. The van der Waals surface area contributed by atoms with Crippen molar-refractivity contribution in [2.45, 2.75) is 78.6 Å². The quantitative estimate of drug-likeness (QED) is 0.420. The van der Waals surface area contributed by atoms with Crippen molar-refractivity contribution < 1.29 is 24.2 Å². The Labute approximate surface area is 190 Å². The summed E-state index contributed by atoms with van der Waals surface area (Å²) in [5.74, 6) is -1.34. The van der Waals surface area contributed by atoms with Gasteiger partial charge in [-0.25, -0.2) is 4.79 Å². The molecule has 32 heavy (non-hydrogen) atoms. The zero-order valence-electron chi connectivity index (χ0n) is 19.9. The zero-order chi connectivity index (χ0) is 24.6. The second-order valence-corrected chi connectivity index (χ2v) is 9.29. The van der Waals surface area contributed by atoms with E-state index in [-0.39, 0.29) is 29.7 Å². The molecule has 0 saturated carbocycles. The summed E-state index contributed by atoms with van der Waals surface area (Å²) in [6.45, 7) is 12.5. The minimum atomic E-state index is -1.29. The van der Waals surface area contributed by atoms with Gasteiger partial charge in [-0.2, -0.15) is 0 Å². The van der Waals surface area contributed by atoms with Crippen LogP contribution in [0.15, 0.2) is 24.3 Å². The molecule has 8 heteroatoms. The fourth-order valence-electron chi connectivity index (χ4n) is 3.06. The van der Waals surface area contributed by atoms with Gasteiger partial charge in [0.25, 0.3) is 5.91 Å². The first-order valence-corrected chi connectivity index (χ1v) is 10.6. The monoisotopic (exact) mass is 445 g/mol. The number of nitrogens with one attached hydrogen (secondary N) is 2. The van der Waals surface area contributed by atoms with E-state index in [0.29, 0.717) is 0 Å². The third kappa shape index (κ3) is 8.14. The van der Waals surface area contributed by atoms with E-state index in [4.69, 9.17) is 11.2 Å². The van der Waals surface area contributed by atoms with Crippen molar-refractivity contribution in [3.8, 4) is 18.2 Å². The molecule has 0 aliphatic carbocycles. The van der Waals surface area contributed by atoms with Gasteiger partial charge in [0.2, 0.25) is 5.91 Å². The van der Waals surface area contributed by atoms with Crippen LogP contribution >= 0.6 is 0 Å². The van der Waals surface area contributed by atoms with Crippen LogP contribution in [-0.2, 0) is 14.3 Å². The van der Waals surface area contributed by atoms with Crippen molar-refractivity contribution in [1.29, 1.82) is 0 Å². The molecule has 0 aliphatic rings. The molecule has 0 bridgehead atoms. The van der Waals surface area contributed by atoms with Crippen molar-refractivity contribution in [3.63, 3.8) is 0 Å². The van der Waals surface area contributed by atoms with Crippen LogP contribution in [0.4, 0.5) is 4.79 Å². The molecule has 0 saturated heterocycles. The van der Waals surface area contributed by atoms with Crippen molar-refractivity contribution in [2.75, 3.05) is 0 Å². The number of amides is 3. The van der Waals surface area contributed by atoms with Crippen LogP contribution in [0.5, 0.6) is 5.75 Å². The number of phenolic OH excluding ortho intramolecular Hbond substituents is 1. The number of phenols is 1. The van der Waals surface area contributed by atoms with E-state index in [9.17, 15) is 19.5 Å². The van der Waals surface area contributed by atoms with Gasteiger partial charge < -0.3 is 20.5 Å². The van der Waals surface area contributed by atoms with E-state index in [2.05, 4.69) is 16.7 Å². The van der Waals surface area contributed by atoms with Crippen molar-refractivity contribution in [1.82, 2.24) is 15.5 Å². The molecule has 2 unspecified atom stereocenters. The minimum absolute atomic E-state index is 0.0339. The first-order valence-electron chi connectivity index (χ1n) is 10.6. The molecule has 1 aromatic rings. The van der Waals surface area contributed by atoms with E-state index >= 15 is 0 Å². The molecule has 0 radical (unpaired) electrons. The lowest BCUT2D eigenvalue weighted by atomic mass is 9.99. The number of carbonyl (C=O) groups excluding carboxylic acids is 3. The zero-order valence-corrected chi connectivity index (χ0v) is 19.9. The van der Waals surface area contributed by atoms with Crippen molar-refractivity contribution in [2.24, 2.45) is 5.92 Å². The van der Waals surface area contributed by atoms with Crippen LogP contribution in [0.25, 0.3) is 0 Å². The molecule has 3 N–H and O–H groups in total. The number of terminal acetylenes is 1. The molecule has 2 atom stereocenters. The first-order chi connectivity index (χ1) is 14.8. The lowest BCUT2D eigenvalue weighted by molar-refractivity contribution is -0.139. The lowest BCUT2D eigenvalue weighted by Crippen LogP contribution is -2.52. The van der Waals surface area contributed by atoms with E-state index in [1.807, 2.05) is 13.8 Å². The van der Waals surface area contributed by atoms with Gasteiger partial charge in [-0.05, 0) is 53.0 Å². The Morgan fingerprint density at radius 1 is 1.12 bits per heavy atom. The average molecular weight is 446 g/mol. The normalized spacial score (nSPS) is 13.1. The number of ether oxygens (including phenoxy) is 1. The fourth-order valence-corrected chi connectivity index (χ4v) is 3.06. The molecular formula is C24H35N3O5. The second kappa shape index (κ2) is 11.4. The van der Waals surface area contributed by atoms with Crippen LogP contribution in [-0.4, -0.2) is 45.6 Å². The summed E-state index contributed by atoms with van der Waals surface area (Å²) in [5, 5.41) is 15.7. The van der Waals surface area contributed by atoms with Gasteiger partial charge in [0, 0.05) is 17.6 Å². The molecule has 0 aliphatic heterocycles. The number of rotatable bonds is 8. The Balaban J connectivity index is 3.37. The van der Waals surface area contributed by atoms with Crippen molar-refractivity contribution in [3.05, 3.63) is 29.8 Å². The number of hydrogen-bond acceptors (Lipinski definition) is 5. The number of hydrogen-bond donors (Lipinski definition) is 3. The van der Waals surface area contributed by atoms with E-state index < -0.39 is 35.6 Å². The molecule has 1 aromatic carbocycles. The summed E-state index contributed by atoms with van der Waals surface area (Å²) in [5.41, 5.74) is -0.575. The topological polar surface area (TPSA) is 108 Å². The van der Waals surface area contributed by atoms with Gasteiger partial charge in [0.15, 0.2) is 6.04 Å². The third-order valence-electron chi connectivity index (χ3n) is 4.24. The summed E-state index contributed by atoms with van der Waals surface area (Å²) in [7, 11) is 0. The number of nitrogens with zero attached hydrogens (tertiary/aromatic N) is 1. The Hall–Kier alpha value is -3.21. The summed E-state index contributed by atoms with van der Waals surface area (Å²) >= 11 is 0. The fraction of sp³-hybridized carbons (Fsp3) is 0.542. The van der Waals surface area contributed by atoms with Crippen molar-refractivity contribution >= 4 is 17.9 Å². The van der Waals surface area contributed by atoms with E-state index in [1.165, 1.54) is 12.1 Å². The average Bonchev–Trinajstić information content (AvgIpc) is 2.63. The molecule has 176 valence electrons. The maximum Gasteiger partial charge on any atom is 0.408 e. The van der Waals surface area contributed by atoms with E-state index in [1.54, 1.807) is 46.8 Å². The summed E-state index contributed by atoms with van der Waals surface area (Å²) in [6, 6.07) is 5.91. The second-order valence-electron chi connectivity index (χ2n) is 9.29. The van der Waals surface area contributed by atoms with Gasteiger partial charge in [0.1, 0.15) is 17.4 Å². The molecule has 0 heterocycles. The minimum Gasteiger partial charge on any atom is -0.508 e. The van der Waals surface area contributed by atoms with Crippen LogP contribution in [0, 0.1) is 18.4 Å². The van der Waals surface area contributed by atoms with Gasteiger partial charge in [-0.3, -0.25) is 14.5 Å². The van der Waals surface area contributed by atoms with Crippen LogP contribution in [0.2, 0.25) is 0 Å². The predicted molar refractivity (Wildman–Crippen MR) is 122 cm³/mol. The first kappa shape index (κ1) is 26.8. The number of aromatic hydroxyl groups is 1. The predicted octanol–water partition coefficient (Wildman–Crippen LogP) is 3.32. The number of carbonyl (C=O) groups is 3. The largest absolute Gasteiger partial charge is 0.508 e. The standard InChI is InChI=1S/C24H35N3O5/c1-9-27(20(21(29)25-16(4)5)17-12-10-11-13-19(17)28)22(30)18(14-15(2)3)26-23(31)32-24(6,7)8/h1,10-13,15-16,18,20,28H,14H2,2-8H3,(H,25,29)(H,26,31). The van der Waals surface area contributed by atoms with Crippen LogP contribution < -0.4 is 10.6 Å². The molecule has 0 spiro atoms. The summed E-state index contributed by atoms with van der Waals surface area (Å²) < 4.78 is 5.29. The van der Waals surface area contributed by atoms with Gasteiger partial charge in [-0.15, -0.1) is 0 Å². The van der Waals surface area contributed by atoms with Gasteiger partial charge in [0.05, 0.1) is 0 Å². The Morgan fingerprint density at radius 2 is 1.72 bits per heavy atom. The van der Waals surface area contributed by atoms with Crippen LogP contribution in [0.1, 0.15) is 66.5 Å². The SMILES string of the molecule is C#CN(C(=O)C(CC(C)C)NC(=O)OC(C)(C)C)C(C(=O)NC(C)C)c1ccccc1O. The smallest absolute Gasteiger partial charge is 0.408 e. The van der Waals surface area contributed by atoms with Gasteiger partial charge in [-0.1, -0.05) is 38.5 Å². The number of alkyl carbamates (subject to hydrolysis) is 1. The Morgan fingerprint density at radius 3 is 2.19 bits per heavy atom. The highest BCUT2D eigenvalue weighted by Gasteiger charge is 2.37. The molecular weight excluding hydrogens is 410 g/mol. The maximum atomic E-state index is 13.5. The molecule has 0 fully saturated rings. The molecule has 0 aromatic heterocycles. The molecule has 8 nitrogen and oxygen atoms in total. The lowest BCUT2D eigenvalue weighted by Gasteiger charge is -2.31. The Kier molecular flexibility index (Phi) is 9.57. The number of para-hydroxylation sites is 1. The Bertz CT molecular complexity index is 852. The molecule has 3 amide bonds. The highest BCUT2D eigenvalue weighted by atomic mass is 16.6. The highest BCUT2D eigenvalue weighted by molar-refractivity contribution is 5.93. The number of benzene rings is 1. The third-order valence-corrected chi connectivity index (χ3v) is 4.24. The van der Waals surface area contributed by atoms with Gasteiger partial charge >= 0.3 is 6.09 Å². The maximum absolute atomic E-state index is 13.5. The molecule has 1 rings (SSSR count). The van der Waals surface area contributed by atoms with E-state index in [0.717, 1.165) is 4.90 Å². The van der Waals surface area contributed by atoms with Crippen LogP contribution in [0.3, 0.4) is 0 Å². The summed E-state index contributed by atoms with van der Waals surface area (Å²) in [6.07, 6.45) is 5.19.